The predicted octanol–water partition coefficient (Wildman–Crippen LogP) is 3.11. The lowest BCUT2D eigenvalue weighted by atomic mass is 10.2. The largest absolute Gasteiger partial charge is 0.446 e. The molecular weight excluding hydrogens is 251 g/mol. The average Bonchev–Trinajstić information content (AvgIpc) is 2.06. The van der Waals surface area contributed by atoms with Crippen LogP contribution in [0.1, 0.15) is 5.56 Å². The molecule has 0 aromatic heterocycles. The van der Waals surface area contributed by atoms with Crippen molar-refractivity contribution in [1.29, 1.82) is 0 Å². The molecule has 0 saturated heterocycles. The van der Waals surface area contributed by atoms with Crippen LogP contribution in [-0.2, 0) is 11.4 Å². The van der Waals surface area contributed by atoms with Crippen molar-refractivity contribution in [1.82, 2.24) is 0 Å². The number of hydrogen-bond acceptors (Lipinski definition) is 3. The van der Waals surface area contributed by atoms with Crippen LogP contribution in [0.3, 0.4) is 0 Å². The van der Waals surface area contributed by atoms with E-state index in [-0.39, 0.29) is 35.7 Å². The summed E-state index contributed by atoms with van der Waals surface area (Å²) in [4.78, 5) is 4.49. The molecule has 0 bridgehead atoms. The first-order chi connectivity index (χ1) is 6.51. The Morgan fingerprint density at radius 2 is 1.73 bits per heavy atom. The Kier molecular flexibility index (Phi) is 6.04. The number of benzene rings is 1. The van der Waals surface area contributed by atoms with Gasteiger partial charge in [0, 0.05) is 4.90 Å². The van der Waals surface area contributed by atoms with Crippen molar-refractivity contribution in [3.63, 3.8) is 0 Å². The first-order valence-corrected chi connectivity index (χ1v) is 4.49. The maximum Gasteiger partial charge on any atom is 0.446 e. The number of hydrogen-bond donors (Lipinski definition) is 1. The Balaban J connectivity index is 0.00000196. The third kappa shape index (κ3) is 5.88. The topological polar surface area (TPSA) is 35.2 Å². The highest BCUT2D eigenvalue weighted by molar-refractivity contribution is 8.00. The van der Waals surface area contributed by atoms with Crippen LogP contribution in [-0.4, -0.2) is 5.51 Å². The molecule has 0 atom stereocenters. The fraction of sp³-hybridized carbons (Fsp3) is 0.250. The van der Waals surface area contributed by atoms with Crippen LogP contribution in [0, 0.1) is 0 Å². The molecule has 86 valence electrons. The normalized spacial score (nSPS) is 10.9. The SMILES string of the molecule is Cl.NOCc1ccc(SC(F)(F)F)cc1. The molecule has 2 N–H and O–H groups in total. The summed E-state index contributed by atoms with van der Waals surface area (Å²) in [6.45, 7) is 0.191. The molecule has 15 heavy (non-hydrogen) atoms. The Morgan fingerprint density at radius 3 is 2.13 bits per heavy atom. The van der Waals surface area contributed by atoms with Gasteiger partial charge in [-0.3, -0.25) is 4.84 Å². The summed E-state index contributed by atoms with van der Waals surface area (Å²) in [6.07, 6.45) is 0. The Morgan fingerprint density at radius 1 is 1.20 bits per heavy atom. The third-order valence-corrected chi connectivity index (χ3v) is 2.15. The van der Waals surface area contributed by atoms with E-state index in [1.54, 1.807) is 12.1 Å². The molecule has 0 radical (unpaired) electrons. The van der Waals surface area contributed by atoms with Gasteiger partial charge in [0.15, 0.2) is 0 Å². The molecule has 0 aliphatic rings. The van der Waals surface area contributed by atoms with E-state index < -0.39 is 5.51 Å². The van der Waals surface area contributed by atoms with Crippen molar-refractivity contribution < 1.29 is 18.0 Å². The van der Waals surface area contributed by atoms with Gasteiger partial charge in [-0.2, -0.15) is 13.2 Å². The number of alkyl halides is 3. The lowest BCUT2D eigenvalue weighted by molar-refractivity contribution is -0.0328. The van der Waals surface area contributed by atoms with E-state index >= 15 is 0 Å². The lowest BCUT2D eigenvalue weighted by Gasteiger charge is -2.05. The van der Waals surface area contributed by atoms with Crippen LogP contribution in [0.4, 0.5) is 13.2 Å². The standard InChI is InChI=1S/C8H8F3NOS.ClH/c9-8(10,11)14-7-3-1-6(2-4-7)5-13-12;/h1-4H,5,12H2;1H. The van der Waals surface area contributed by atoms with E-state index in [0.29, 0.717) is 0 Å². The van der Waals surface area contributed by atoms with Gasteiger partial charge in [0.1, 0.15) is 0 Å². The van der Waals surface area contributed by atoms with Crippen molar-refractivity contribution >= 4 is 24.2 Å². The van der Waals surface area contributed by atoms with Crippen LogP contribution >= 0.6 is 24.2 Å². The van der Waals surface area contributed by atoms with Gasteiger partial charge < -0.3 is 0 Å². The zero-order valence-corrected chi connectivity index (χ0v) is 9.09. The molecule has 0 aliphatic carbocycles. The summed E-state index contributed by atoms with van der Waals surface area (Å²) >= 11 is -0.145. The van der Waals surface area contributed by atoms with Gasteiger partial charge in [-0.1, -0.05) is 12.1 Å². The molecule has 1 aromatic carbocycles. The van der Waals surface area contributed by atoms with Crippen molar-refractivity contribution in [2.24, 2.45) is 5.90 Å². The molecule has 0 amide bonds. The van der Waals surface area contributed by atoms with E-state index in [0.717, 1.165) is 5.56 Å². The van der Waals surface area contributed by atoms with E-state index in [2.05, 4.69) is 4.84 Å². The minimum Gasteiger partial charge on any atom is -0.300 e. The Hall–Kier alpha value is -0.430. The highest BCUT2D eigenvalue weighted by atomic mass is 35.5. The van der Waals surface area contributed by atoms with Crippen molar-refractivity contribution in [3.8, 4) is 0 Å². The fourth-order valence-corrected chi connectivity index (χ4v) is 1.42. The van der Waals surface area contributed by atoms with Crippen molar-refractivity contribution in [3.05, 3.63) is 29.8 Å². The summed E-state index contributed by atoms with van der Waals surface area (Å²) in [7, 11) is 0. The molecular formula is C8H9ClF3NOS. The molecule has 7 heteroatoms. The monoisotopic (exact) mass is 259 g/mol. The molecule has 0 heterocycles. The van der Waals surface area contributed by atoms with Crippen LogP contribution < -0.4 is 5.90 Å². The van der Waals surface area contributed by atoms with Crippen LogP contribution in [0.2, 0.25) is 0 Å². The van der Waals surface area contributed by atoms with Gasteiger partial charge >= 0.3 is 5.51 Å². The molecule has 2 nitrogen and oxygen atoms in total. The molecule has 0 unspecified atom stereocenters. The summed E-state index contributed by atoms with van der Waals surface area (Å²) in [6, 6.07) is 5.85. The smallest absolute Gasteiger partial charge is 0.300 e. The van der Waals surface area contributed by atoms with Crippen LogP contribution in [0.25, 0.3) is 0 Å². The van der Waals surface area contributed by atoms with Gasteiger partial charge in [0.25, 0.3) is 0 Å². The van der Waals surface area contributed by atoms with Crippen molar-refractivity contribution in [2.75, 3.05) is 0 Å². The molecule has 0 saturated carbocycles. The number of thioether (sulfide) groups is 1. The highest BCUT2D eigenvalue weighted by Crippen LogP contribution is 2.36. The molecule has 0 fully saturated rings. The fourth-order valence-electron chi connectivity index (χ4n) is 0.884. The third-order valence-electron chi connectivity index (χ3n) is 1.41. The predicted molar refractivity (Wildman–Crippen MR) is 54.6 cm³/mol. The van der Waals surface area contributed by atoms with Gasteiger partial charge in [0.2, 0.25) is 0 Å². The second-order valence-corrected chi connectivity index (χ2v) is 3.64. The average molecular weight is 260 g/mol. The van der Waals surface area contributed by atoms with Crippen LogP contribution in [0.15, 0.2) is 29.2 Å². The zero-order chi connectivity index (χ0) is 10.6. The molecule has 1 rings (SSSR count). The minimum absolute atomic E-state index is 0. The summed E-state index contributed by atoms with van der Waals surface area (Å²) in [5, 5.41) is 0. The Labute approximate surface area is 95.3 Å². The second-order valence-electron chi connectivity index (χ2n) is 2.50. The van der Waals surface area contributed by atoms with Gasteiger partial charge in [-0.25, -0.2) is 5.90 Å². The summed E-state index contributed by atoms with van der Waals surface area (Å²) in [5.74, 6) is 4.82. The summed E-state index contributed by atoms with van der Waals surface area (Å²) in [5.41, 5.74) is -3.51. The summed E-state index contributed by atoms with van der Waals surface area (Å²) < 4.78 is 35.7. The van der Waals surface area contributed by atoms with E-state index in [9.17, 15) is 13.2 Å². The first-order valence-electron chi connectivity index (χ1n) is 3.67. The van der Waals surface area contributed by atoms with E-state index in [1.807, 2.05) is 0 Å². The number of halogens is 4. The molecule has 1 aromatic rings. The lowest BCUT2D eigenvalue weighted by Crippen LogP contribution is -2.00. The molecule has 0 aliphatic heterocycles. The number of nitrogens with two attached hydrogens (primary N) is 1. The quantitative estimate of drug-likeness (QED) is 0.669. The van der Waals surface area contributed by atoms with Gasteiger partial charge in [-0.05, 0) is 29.5 Å². The zero-order valence-electron chi connectivity index (χ0n) is 7.45. The Bertz CT molecular complexity index is 291. The van der Waals surface area contributed by atoms with Crippen molar-refractivity contribution in [2.45, 2.75) is 17.0 Å². The molecule has 0 spiro atoms. The van der Waals surface area contributed by atoms with Crippen LogP contribution in [0.5, 0.6) is 0 Å². The highest BCUT2D eigenvalue weighted by Gasteiger charge is 2.28. The minimum atomic E-state index is -4.24. The first kappa shape index (κ1) is 14.6. The van der Waals surface area contributed by atoms with Gasteiger partial charge in [0.05, 0.1) is 6.61 Å². The van der Waals surface area contributed by atoms with E-state index in [1.165, 1.54) is 12.1 Å². The maximum atomic E-state index is 11.9. The van der Waals surface area contributed by atoms with E-state index in [4.69, 9.17) is 5.90 Å². The maximum absolute atomic E-state index is 11.9. The van der Waals surface area contributed by atoms with Gasteiger partial charge in [-0.15, -0.1) is 12.4 Å². The number of rotatable bonds is 3. The second kappa shape index (κ2) is 6.22.